The van der Waals surface area contributed by atoms with Gasteiger partial charge in [0.25, 0.3) is 5.91 Å². The first-order valence-corrected chi connectivity index (χ1v) is 9.92. The van der Waals surface area contributed by atoms with Gasteiger partial charge in [0.2, 0.25) is 0 Å². The SMILES string of the molecule is CC(C)(C)OC(=O)CN(C(=O)c1c(F)cccc1F)c1cccc(-c2ccc(O)cc2)c1. The summed E-state index contributed by atoms with van der Waals surface area (Å²) in [6.07, 6.45) is 0. The molecule has 1 amide bonds. The highest BCUT2D eigenvalue weighted by atomic mass is 19.1. The molecule has 7 heteroatoms. The Hall–Kier alpha value is -3.74. The molecule has 3 aromatic carbocycles. The van der Waals surface area contributed by atoms with Crippen molar-refractivity contribution in [1.82, 2.24) is 0 Å². The molecule has 166 valence electrons. The van der Waals surface area contributed by atoms with E-state index in [0.29, 0.717) is 5.56 Å². The molecule has 0 fully saturated rings. The molecule has 0 heterocycles. The van der Waals surface area contributed by atoms with Crippen molar-refractivity contribution in [2.24, 2.45) is 0 Å². The molecule has 0 radical (unpaired) electrons. The molecule has 32 heavy (non-hydrogen) atoms. The van der Waals surface area contributed by atoms with Crippen molar-refractivity contribution in [3.8, 4) is 16.9 Å². The van der Waals surface area contributed by atoms with Gasteiger partial charge in [0, 0.05) is 5.69 Å². The van der Waals surface area contributed by atoms with Crippen molar-refractivity contribution in [3.05, 3.63) is 83.9 Å². The average Bonchev–Trinajstić information content (AvgIpc) is 2.71. The quantitative estimate of drug-likeness (QED) is 0.546. The standard InChI is InChI=1S/C25H23F2NO4/c1-25(2,3)32-22(30)15-28(24(31)23-20(26)8-5-9-21(23)27)18-7-4-6-17(14-18)16-10-12-19(29)13-11-16/h4-14,29H,15H2,1-3H3. The molecule has 0 aliphatic rings. The molecule has 5 nitrogen and oxygen atoms in total. The molecule has 0 saturated carbocycles. The Labute approximate surface area is 184 Å². The molecule has 0 bridgehead atoms. The van der Waals surface area contributed by atoms with Gasteiger partial charge in [-0.1, -0.05) is 30.3 Å². The smallest absolute Gasteiger partial charge is 0.326 e. The number of esters is 1. The number of hydrogen-bond donors (Lipinski definition) is 1. The summed E-state index contributed by atoms with van der Waals surface area (Å²) in [6.45, 7) is 4.50. The Kier molecular flexibility index (Phi) is 6.58. The van der Waals surface area contributed by atoms with Crippen LogP contribution in [-0.2, 0) is 9.53 Å². The minimum atomic E-state index is -1.03. The van der Waals surface area contributed by atoms with Crippen LogP contribution in [0.5, 0.6) is 5.75 Å². The number of anilines is 1. The molecule has 0 aliphatic heterocycles. The summed E-state index contributed by atoms with van der Waals surface area (Å²) < 4.78 is 34.0. The van der Waals surface area contributed by atoms with Crippen molar-refractivity contribution < 1.29 is 28.2 Å². The fourth-order valence-corrected chi connectivity index (χ4v) is 3.13. The van der Waals surface area contributed by atoms with E-state index in [1.54, 1.807) is 57.2 Å². The number of ether oxygens (including phenoxy) is 1. The van der Waals surface area contributed by atoms with Crippen molar-refractivity contribution in [1.29, 1.82) is 0 Å². The van der Waals surface area contributed by atoms with Gasteiger partial charge in [0.05, 0.1) is 0 Å². The van der Waals surface area contributed by atoms with Crippen LogP contribution in [-0.4, -0.2) is 29.1 Å². The number of phenolic OH excluding ortho intramolecular Hbond substituents is 1. The van der Waals surface area contributed by atoms with E-state index in [0.717, 1.165) is 28.7 Å². The van der Waals surface area contributed by atoms with Gasteiger partial charge in [-0.2, -0.15) is 0 Å². The number of carbonyl (C=O) groups is 2. The van der Waals surface area contributed by atoms with E-state index in [4.69, 9.17) is 4.74 Å². The second kappa shape index (κ2) is 9.18. The van der Waals surface area contributed by atoms with Gasteiger partial charge >= 0.3 is 5.97 Å². The number of halogens is 2. The van der Waals surface area contributed by atoms with E-state index in [1.807, 2.05) is 0 Å². The zero-order valence-corrected chi connectivity index (χ0v) is 17.9. The first kappa shape index (κ1) is 22.9. The van der Waals surface area contributed by atoms with Crippen molar-refractivity contribution >= 4 is 17.6 Å². The van der Waals surface area contributed by atoms with Gasteiger partial charge in [-0.3, -0.25) is 14.5 Å². The predicted molar refractivity (Wildman–Crippen MR) is 117 cm³/mol. The minimum Gasteiger partial charge on any atom is -0.508 e. The van der Waals surface area contributed by atoms with Crippen molar-refractivity contribution in [3.63, 3.8) is 0 Å². The number of aromatic hydroxyl groups is 1. The van der Waals surface area contributed by atoms with Gasteiger partial charge in [0.1, 0.15) is 35.1 Å². The van der Waals surface area contributed by atoms with Crippen LogP contribution in [0.25, 0.3) is 11.1 Å². The van der Waals surface area contributed by atoms with E-state index in [-0.39, 0.29) is 11.4 Å². The summed E-state index contributed by atoms with van der Waals surface area (Å²) in [5, 5.41) is 9.51. The third-order valence-electron chi connectivity index (χ3n) is 4.49. The van der Waals surface area contributed by atoms with Gasteiger partial charge < -0.3 is 9.84 Å². The number of hydrogen-bond acceptors (Lipinski definition) is 4. The Bertz CT molecular complexity index is 1120. The highest BCUT2D eigenvalue weighted by molar-refractivity contribution is 6.09. The van der Waals surface area contributed by atoms with E-state index in [1.165, 1.54) is 12.1 Å². The average molecular weight is 439 g/mol. The van der Waals surface area contributed by atoms with E-state index >= 15 is 0 Å². The maximum absolute atomic E-state index is 14.3. The molecular formula is C25H23F2NO4. The third kappa shape index (κ3) is 5.49. The lowest BCUT2D eigenvalue weighted by atomic mass is 10.0. The fourth-order valence-electron chi connectivity index (χ4n) is 3.13. The molecule has 0 saturated heterocycles. The highest BCUT2D eigenvalue weighted by Gasteiger charge is 2.28. The fraction of sp³-hybridized carbons (Fsp3) is 0.200. The van der Waals surface area contributed by atoms with E-state index in [2.05, 4.69) is 0 Å². The summed E-state index contributed by atoms with van der Waals surface area (Å²) in [5.74, 6) is -3.69. The van der Waals surface area contributed by atoms with E-state index in [9.17, 15) is 23.5 Å². The Balaban J connectivity index is 2.04. The Morgan fingerprint density at radius 2 is 1.50 bits per heavy atom. The number of amides is 1. The zero-order valence-electron chi connectivity index (χ0n) is 17.9. The summed E-state index contributed by atoms with van der Waals surface area (Å²) >= 11 is 0. The zero-order chi connectivity index (χ0) is 23.5. The number of phenols is 1. The number of benzene rings is 3. The van der Waals surface area contributed by atoms with Crippen LogP contribution in [0.3, 0.4) is 0 Å². The van der Waals surface area contributed by atoms with Gasteiger partial charge in [-0.05, 0) is 68.3 Å². The number of rotatable bonds is 5. The van der Waals surface area contributed by atoms with Crippen LogP contribution in [0.2, 0.25) is 0 Å². The molecule has 0 aliphatic carbocycles. The van der Waals surface area contributed by atoms with E-state index < -0.39 is 41.2 Å². The lowest BCUT2D eigenvalue weighted by Gasteiger charge is -2.26. The van der Waals surface area contributed by atoms with Crippen LogP contribution >= 0.6 is 0 Å². The number of nitrogens with zero attached hydrogens (tertiary/aromatic N) is 1. The normalized spacial score (nSPS) is 11.2. The monoisotopic (exact) mass is 439 g/mol. The molecule has 0 atom stereocenters. The summed E-state index contributed by atoms with van der Waals surface area (Å²) in [7, 11) is 0. The summed E-state index contributed by atoms with van der Waals surface area (Å²) in [6, 6.07) is 16.1. The molecule has 0 spiro atoms. The largest absolute Gasteiger partial charge is 0.508 e. The molecule has 0 unspecified atom stereocenters. The maximum Gasteiger partial charge on any atom is 0.326 e. The molecule has 1 N–H and O–H groups in total. The first-order valence-electron chi connectivity index (χ1n) is 9.92. The third-order valence-corrected chi connectivity index (χ3v) is 4.49. The summed E-state index contributed by atoms with van der Waals surface area (Å²) in [4.78, 5) is 26.7. The second-order valence-electron chi connectivity index (χ2n) is 8.17. The lowest BCUT2D eigenvalue weighted by molar-refractivity contribution is -0.152. The highest BCUT2D eigenvalue weighted by Crippen LogP contribution is 2.28. The molecule has 3 rings (SSSR count). The first-order chi connectivity index (χ1) is 15.0. The summed E-state index contributed by atoms with van der Waals surface area (Å²) in [5.41, 5.74) is 0.119. The van der Waals surface area contributed by atoms with Crippen LogP contribution in [0.4, 0.5) is 14.5 Å². The Morgan fingerprint density at radius 3 is 2.09 bits per heavy atom. The molecular weight excluding hydrogens is 416 g/mol. The Morgan fingerprint density at radius 1 is 0.906 bits per heavy atom. The van der Waals surface area contributed by atoms with Gasteiger partial charge in [-0.15, -0.1) is 0 Å². The topological polar surface area (TPSA) is 66.8 Å². The minimum absolute atomic E-state index is 0.0988. The predicted octanol–water partition coefficient (Wildman–Crippen LogP) is 5.33. The van der Waals surface area contributed by atoms with Gasteiger partial charge in [0.15, 0.2) is 0 Å². The van der Waals surface area contributed by atoms with Crippen LogP contribution in [0, 0.1) is 11.6 Å². The van der Waals surface area contributed by atoms with Crippen LogP contribution in [0.15, 0.2) is 66.7 Å². The molecule has 0 aromatic heterocycles. The van der Waals surface area contributed by atoms with Crippen molar-refractivity contribution in [2.45, 2.75) is 26.4 Å². The number of carbonyl (C=O) groups excluding carboxylic acids is 2. The molecule has 3 aromatic rings. The maximum atomic E-state index is 14.3. The van der Waals surface area contributed by atoms with Crippen LogP contribution < -0.4 is 4.90 Å². The van der Waals surface area contributed by atoms with Gasteiger partial charge in [-0.25, -0.2) is 8.78 Å². The van der Waals surface area contributed by atoms with Crippen molar-refractivity contribution in [2.75, 3.05) is 11.4 Å². The second-order valence-corrected chi connectivity index (χ2v) is 8.17. The lowest BCUT2D eigenvalue weighted by Crippen LogP contribution is -2.39. The van der Waals surface area contributed by atoms with Crippen LogP contribution in [0.1, 0.15) is 31.1 Å².